The van der Waals surface area contributed by atoms with Gasteiger partial charge in [-0.05, 0) is 26.0 Å². The normalized spacial score (nSPS) is 11.1. The highest BCUT2D eigenvalue weighted by Gasteiger charge is 2.23. The maximum absolute atomic E-state index is 11.7. The summed E-state index contributed by atoms with van der Waals surface area (Å²) in [6.07, 6.45) is 0. The highest BCUT2D eigenvalue weighted by molar-refractivity contribution is 9.10. The molecule has 5 heteroatoms. The van der Waals surface area contributed by atoms with Crippen molar-refractivity contribution in [2.24, 2.45) is 0 Å². The summed E-state index contributed by atoms with van der Waals surface area (Å²) in [5.74, 6) is 0.574. The molecule has 0 saturated carbocycles. The third kappa shape index (κ3) is 3.89. The van der Waals surface area contributed by atoms with E-state index in [1.807, 2.05) is 6.07 Å². The van der Waals surface area contributed by atoms with Crippen LogP contribution >= 0.6 is 27.5 Å². The monoisotopic (exact) mass is 319 g/mol. The number of carbonyl (C=O) groups is 1. The first-order valence-electron chi connectivity index (χ1n) is 5.15. The van der Waals surface area contributed by atoms with Gasteiger partial charge in [0.1, 0.15) is 5.75 Å². The summed E-state index contributed by atoms with van der Waals surface area (Å²) in [7, 11) is 1.57. The number of hydrogen-bond donors (Lipinski definition) is 1. The maximum atomic E-state index is 11.7. The van der Waals surface area contributed by atoms with Gasteiger partial charge in [0.25, 0.3) is 0 Å². The Morgan fingerprint density at radius 3 is 2.71 bits per heavy atom. The van der Waals surface area contributed by atoms with Gasteiger partial charge < -0.3 is 10.1 Å². The lowest BCUT2D eigenvalue weighted by Crippen LogP contribution is -2.37. The van der Waals surface area contributed by atoms with Crippen LogP contribution in [-0.2, 0) is 11.3 Å². The van der Waals surface area contributed by atoms with Crippen LogP contribution in [0, 0.1) is 0 Å². The largest absolute Gasteiger partial charge is 0.496 e. The van der Waals surface area contributed by atoms with Gasteiger partial charge >= 0.3 is 0 Å². The molecule has 0 aliphatic heterocycles. The van der Waals surface area contributed by atoms with E-state index >= 15 is 0 Å². The van der Waals surface area contributed by atoms with Crippen molar-refractivity contribution < 1.29 is 9.53 Å². The molecule has 1 rings (SSSR count). The standard InChI is InChI=1S/C12H15BrClNO2/c1-12(2,13)11(16)15-7-8-9(14)5-4-6-10(8)17-3/h4-6H,7H2,1-3H3,(H,15,16). The molecule has 0 fully saturated rings. The third-order valence-electron chi connectivity index (χ3n) is 2.26. The Labute approximate surface area is 115 Å². The molecule has 0 unspecified atom stereocenters. The van der Waals surface area contributed by atoms with E-state index in [1.54, 1.807) is 33.1 Å². The van der Waals surface area contributed by atoms with Gasteiger partial charge in [-0.15, -0.1) is 0 Å². The molecule has 17 heavy (non-hydrogen) atoms. The van der Waals surface area contributed by atoms with E-state index in [-0.39, 0.29) is 5.91 Å². The molecule has 0 atom stereocenters. The van der Waals surface area contributed by atoms with Crippen LogP contribution in [0.25, 0.3) is 0 Å². The zero-order chi connectivity index (χ0) is 13.1. The van der Waals surface area contributed by atoms with Crippen molar-refractivity contribution in [3.63, 3.8) is 0 Å². The molecule has 0 saturated heterocycles. The lowest BCUT2D eigenvalue weighted by Gasteiger charge is -2.17. The second kappa shape index (κ2) is 5.74. The summed E-state index contributed by atoms with van der Waals surface area (Å²) >= 11 is 9.36. The zero-order valence-corrected chi connectivity index (χ0v) is 12.4. The van der Waals surface area contributed by atoms with Crippen molar-refractivity contribution in [2.75, 3.05) is 7.11 Å². The molecule has 0 heterocycles. The highest BCUT2D eigenvalue weighted by atomic mass is 79.9. The number of carbonyl (C=O) groups excluding carboxylic acids is 1. The summed E-state index contributed by atoms with van der Waals surface area (Å²) in [4.78, 5) is 11.7. The topological polar surface area (TPSA) is 38.3 Å². The van der Waals surface area contributed by atoms with Crippen molar-refractivity contribution in [3.05, 3.63) is 28.8 Å². The smallest absolute Gasteiger partial charge is 0.236 e. The van der Waals surface area contributed by atoms with Gasteiger partial charge in [0, 0.05) is 17.1 Å². The van der Waals surface area contributed by atoms with E-state index in [9.17, 15) is 4.79 Å². The molecule has 1 aromatic rings. The Hall–Kier alpha value is -0.740. The number of ether oxygens (including phenoxy) is 1. The molecule has 1 aromatic carbocycles. The first-order chi connectivity index (χ1) is 7.86. The number of halogens is 2. The van der Waals surface area contributed by atoms with Crippen LogP contribution in [0.2, 0.25) is 5.02 Å². The van der Waals surface area contributed by atoms with Crippen LogP contribution in [0.15, 0.2) is 18.2 Å². The Morgan fingerprint density at radius 1 is 1.53 bits per heavy atom. The summed E-state index contributed by atoms with van der Waals surface area (Å²) in [6, 6.07) is 5.39. The van der Waals surface area contributed by atoms with Crippen LogP contribution < -0.4 is 10.1 Å². The minimum atomic E-state index is -0.596. The second-order valence-electron chi connectivity index (χ2n) is 4.08. The van der Waals surface area contributed by atoms with E-state index in [0.29, 0.717) is 17.3 Å². The van der Waals surface area contributed by atoms with Crippen LogP contribution in [-0.4, -0.2) is 17.3 Å². The highest BCUT2D eigenvalue weighted by Crippen LogP contribution is 2.26. The molecule has 0 bridgehead atoms. The fourth-order valence-electron chi connectivity index (χ4n) is 1.28. The lowest BCUT2D eigenvalue weighted by atomic mass is 10.1. The van der Waals surface area contributed by atoms with Crippen molar-refractivity contribution in [1.82, 2.24) is 5.32 Å². The first kappa shape index (κ1) is 14.3. The molecule has 0 spiro atoms. The predicted octanol–water partition coefficient (Wildman–Crippen LogP) is 3.14. The van der Waals surface area contributed by atoms with Gasteiger partial charge in [0.15, 0.2) is 0 Å². The van der Waals surface area contributed by atoms with Gasteiger partial charge in [-0.1, -0.05) is 33.6 Å². The van der Waals surface area contributed by atoms with Gasteiger partial charge in [-0.3, -0.25) is 4.79 Å². The fraction of sp³-hybridized carbons (Fsp3) is 0.417. The first-order valence-corrected chi connectivity index (χ1v) is 6.32. The molecule has 94 valence electrons. The van der Waals surface area contributed by atoms with Crippen molar-refractivity contribution >= 4 is 33.4 Å². The molecular formula is C12H15BrClNO2. The number of nitrogens with one attached hydrogen (secondary N) is 1. The molecule has 0 aromatic heterocycles. The van der Waals surface area contributed by atoms with Gasteiger partial charge in [-0.25, -0.2) is 0 Å². The van der Waals surface area contributed by atoms with Crippen LogP contribution in [0.1, 0.15) is 19.4 Å². The fourth-order valence-corrected chi connectivity index (χ4v) is 1.65. The quantitative estimate of drug-likeness (QED) is 0.866. The number of alkyl halides is 1. The van der Waals surface area contributed by atoms with Gasteiger partial charge in [-0.2, -0.15) is 0 Å². The number of amides is 1. The number of methoxy groups -OCH3 is 1. The number of rotatable bonds is 4. The van der Waals surface area contributed by atoms with Gasteiger partial charge in [0.05, 0.1) is 11.4 Å². The zero-order valence-electron chi connectivity index (χ0n) is 10.0. The van der Waals surface area contributed by atoms with E-state index in [2.05, 4.69) is 21.2 Å². The van der Waals surface area contributed by atoms with Crippen LogP contribution in [0.4, 0.5) is 0 Å². The maximum Gasteiger partial charge on any atom is 0.236 e. The molecule has 0 aliphatic carbocycles. The average molecular weight is 321 g/mol. The average Bonchev–Trinajstić information content (AvgIpc) is 2.25. The summed E-state index contributed by atoms with van der Waals surface area (Å²) in [5.41, 5.74) is 0.779. The molecule has 3 nitrogen and oxygen atoms in total. The van der Waals surface area contributed by atoms with Crippen LogP contribution in [0.5, 0.6) is 5.75 Å². The van der Waals surface area contributed by atoms with Crippen molar-refractivity contribution in [1.29, 1.82) is 0 Å². The Morgan fingerprint density at radius 2 is 2.18 bits per heavy atom. The minimum Gasteiger partial charge on any atom is -0.496 e. The van der Waals surface area contributed by atoms with Crippen molar-refractivity contribution in [3.8, 4) is 5.75 Å². The summed E-state index contributed by atoms with van der Waals surface area (Å²) < 4.78 is 4.60. The van der Waals surface area contributed by atoms with E-state index in [0.717, 1.165) is 5.56 Å². The third-order valence-corrected chi connectivity index (χ3v) is 2.98. The lowest BCUT2D eigenvalue weighted by molar-refractivity contribution is -0.122. The van der Waals surface area contributed by atoms with E-state index in [1.165, 1.54) is 0 Å². The molecule has 0 radical (unpaired) electrons. The number of benzene rings is 1. The molecule has 0 aliphatic rings. The van der Waals surface area contributed by atoms with E-state index < -0.39 is 4.32 Å². The second-order valence-corrected chi connectivity index (χ2v) is 6.47. The number of hydrogen-bond acceptors (Lipinski definition) is 2. The summed E-state index contributed by atoms with van der Waals surface area (Å²) in [6.45, 7) is 3.91. The van der Waals surface area contributed by atoms with Gasteiger partial charge in [0.2, 0.25) is 5.91 Å². The van der Waals surface area contributed by atoms with Crippen molar-refractivity contribution in [2.45, 2.75) is 24.7 Å². The predicted molar refractivity (Wildman–Crippen MR) is 72.9 cm³/mol. The summed E-state index contributed by atoms with van der Waals surface area (Å²) in [5, 5.41) is 3.38. The molecular weight excluding hydrogens is 305 g/mol. The molecule has 1 amide bonds. The Kier molecular flexibility index (Phi) is 4.83. The minimum absolute atomic E-state index is 0.0977. The molecule has 1 N–H and O–H groups in total. The van der Waals surface area contributed by atoms with Crippen LogP contribution in [0.3, 0.4) is 0 Å². The SMILES string of the molecule is COc1cccc(Cl)c1CNC(=O)C(C)(C)Br. The Balaban J connectivity index is 2.79. The van der Waals surface area contributed by atoms with E-state index in [4.69, 9.17) is 16.3 Å². The Bertz CT molecular complexity index is 415.